The maximum atomic E-state index is 10.0. The highest BCUT2D eigenvalue weighted by Gasteiger charge is 2.32. The Morgan fingerprint density at radius 3 is 2.76 bits per heavy atom. The van der Waals surface area contributed by atoms with Gasteiger partial charge in [0.1, 0.15) is 0 Å². The summed E-state index contributed by atoms with van der Waals surface area (Å²) < 4.78 is 1.17. The van der Waals surface area contributed by atoms with E-state index in [1.807, 2.05) is 13.8 Å². The molecule has 0 aliphatic carbocycles. The highest BCUT2D eigenvalue weighted by molar-refractivity contribution is 9.10. The first-order valence-electron chi connectivity index (χ1n) is 6.18. The highest BCUT2D eigenvalue weighted by atomic mass is 79.9. The Bertz CT molecular complexity index is 411. The maximum absolute atomic E-state index is 10.0. The van der Waals surface area contributed by atoms with Crippen molar-refractivity contribution in [2.75, 3.05) is 18.0 Å². The molecule has 2 nitrogen and oxygen atoms in total. The van der Waals surface area contributed by atoms with E-state index < -0.39 is 5.60 Å². The van der Waals surface area contributed by atoms with Crippen molar-refractivity contribution < 1.29 is 5.11 Å². The van der Waals surface area contributed by atoms with E-state index >= 15 is 0 Å². The molecule has 1 aliphatic rings. The number of likely N-dealkylation sites (N-methyl/N-ethyl adjacent to an activating group) is 1. The Kier molecular flexibility index (Phi) is 3.50. The summed E-state index contributed by atoms with van der Waals surface area (Å²) in [6, 6.07) is 6.35. The lowest BCUT2D eigenvalue weighted by Crippen LogP contribution is -2.26. The lowest BCUT2D eigenvalue weighted by molar-refractivity contribution is 0.0643. The average Bonchev–Trinajstić information content (AvgIpc) is 2.55. The molecular weight excluding hydrogens is 278 g/mol. The van der Waals surface area contributed by atoms with E-state index in [4.69, 9.17) is 0 Å². The molecule has 0 bridgehead atoms. The Balaban J connectivity index is 2.35. The molecule has 1 atom stereocenters. The molecule has 1 aromatic carbocycles. The normalized spacial score (nSPS) is 19.6. The first kappa shape index (κ1) is 12.9. The van der Waals surface area contributed by atoms with Gasteiger partial charge in [0.05, 0.1) is 5.60 Å². The Morgan fingerprint density at radius 1 is 1.47 bits per heavy atom. The summed E-state index contributed by atoms with van der Waals surface area (Å²) >= 11 is 3.64. The highest BCUT2D eigenvalue weighted by Crippen LogP contribution is 2.43. The molecule has 0 spiro atoms. The summed E-state index contributed by atoms with van der Waals surface area (Å²) in [6.07, 6.45) is 0.805. The SMILES string of the molecule is CCN1CC(CC(C)(C)O)c2c(Br)cccc21. The van der Waals surface area contributed by atoms with Crippen LogP contribution >= 0.6 is 15.9 Å². The fourth-order valence-electron chi connectivity index (χ4n) is 2.73. The van der Waals surface area contributed by atoms with Gasteiger partial charge in [0.25, 0.3) is 0 Å². The number of fused-ring (bicyclic) bond motifs is 1. The van der Waals surface area contributed by atoms with Crippen molar-refractivity contribution in [3.63, 3.8) is 0 Å². The van der Waals surface area contributed by atoms with Gasteiger partial charge in [0, 0.05) is 29.2 Å². The van der Waals surface area contributed by atoms with E-state index in [0.29, 0.717) is 5.92 Å². The van der Waals surface area contributed by atoms with Gasteiger partial charge in [-0.25, -0.2) is 0 Å². The first-order chi connectivity index (χ1) is 7.92. The fourth-order valence-corrected chi connectivity index (χ4v) is 3.41. The summed E-state index contributed by atoms with van der Waals surface area (Å²) in [6.45, 7) is 7.98. The zero-order valence-electron chi connectivity index (χ0n) is 10.7. The lowest BCUT2D eigenvalue weighted by atomic mass is 9.89. The molecule has 1 N–H and O–H groups in total. The van der Waals surface area contributed by atoms with Crippen molar-refractivity contribution in [3.8, 4) is 0 Å². The maximum Gasteiger partial charge on any atom is 0.0598 e. The minimum absolute atomic E-state index is 0.417. The van der Waals surface area contributed by atoms with Gasteiger partial charge in [-0.15, -0.1) is 0 Å². The number of benzene rings is 1. The molecule has 0 fully saturated rings. The second-order valence-corrected chi connectivity index (χ2v) is 6.28. The number of hydrogen-bond donors (Lipinski definition) is 1. The van der Waals surface area contributed by atoms with Gasteiger partial charge in [-0.05, 0) is 44.9 Å². The van der Waals surface area contributed by atoms with Gasteiger partial charge in [0.2, 0.25) is 0 Å². The van der Waals surface area contributed by atoms with E-state index in [1.165, 1.54) is 15.7 Å². The number of anilines is 1. The largest absolute Gasteiger partial charge is 0.390 e. The Hall–Kier alpha value is -0.540. The standard InChI is InChI=1S/C14H20BrNO/c1-4-16-9-10(8-14(2,3)17)13-11(15)6-5-7-12(13)16/h5-7,10,17H,4,8-9H2,1-3H3. The van der Waals surface area contributed by atoms with Crippen molar-refractivity contribution in [1.82, 2.24) is 0 Å². The number of hydrogen-bond acceptors (Lipinski definition) is 2. The third kappa shape index (κ3) is 2.66. The molecule has 2 rings (SSSR count). The van der Waals surface area contributed by atoms with E-state index in [-0.39, 0.29) is 0 Å². The van der Waals surface area contributed by atoms with Crippen LogP contribution in [0.25, 0.3) is 0 Å². The van der Waals surface area contributed by atoms with Crippen LogP contribution in [0.3, 0.4) is 0 Å². The van der Waals surface area contributed by atoms with Gasteiger partial charge < -0.3 is 10.0 Å². The molecule has 1 heterocycles. The molecule has 0 amide bonds. The minimum atomic E-state index is -0.610. The molecule has 0 saturated heterocycles. The van der Waals surface area contributed by atoms with Crippen molar-refractivity contribution in [1.29, 1.82) is 0 Å². The van der Waals surface area contributed by atoms with Gasteiger partial charge >= 0.3 is 0 Å². The number of halogens is 1. The molecule has 1 aromatic rings. The van der Waals surface area contributed by atoms with Crippen LogP contribution in [0, 0.1) is 0 Å². The van der Waals surface area contributed by atoms with Crippen LogP contribution in [0.15, 0.2) is 22.7 Å². The Labute approximate surface area is 112 Å². The smallest absolute Gasteiger partial charge is 0.0598 e. The van der Waals surface area contributed by atoms with Gasteiger partial charge in [-0.1, -0.05) is 22.0 Å². The number of aliphatic hydroxyl groups is 1. The molecule has 3 heteroatoms. The summed E-state index contributed by atoms with van der Waals surface area (Å²) in [4.78, 5) is 2.39. The predicted octanol–water partition coefficient (Wildman–Crippen LogP) is 3.53. The number of rotatable bonds is 3. The van der Waals surface area contributed by atoms with Crippen molar-refractivity contribution in [3.05, 3.63) is 28.2 Å². The molecule has 94 valence electrons. The van der Waals surface area contributed by atoms with Crippen LogP contribution in [0.1, 0.15) is 38.7 Å². The molecular formula is C14H20BrNO. The van der Waals surface area contributed by atoms with Crippen molar-refractivity contribution >= 4 is 21.6 Å². The number of nitrogens with zero attached hydrogens (tertiary/aromatic N) is 1. The van der Waals surface area contributed by atoms with Crippen LogP contribution in [0.5, 0.6) is 0 Å². The van der Waals surface area contributed by atoms with Crippen LogP contribution in [-0.4, -0.2) is 23.8 Å². The topological polar surface area (TPSA) is 23.5 Å². The van der Waals surface area contributed by atoms with E-state index in [9.17, 15) is 5.11 Å². The summed E-state index contributed by atoms with van der Waals surface area (Å²) in [5, 5.41) is 10.0. The molecule has 1 aliphatic heterocycles. The molecule has 17 heavy (non-hydrogen) atoms. The third-order valence-corrected chi connectivity index (χ3v) is 4.04. The Morgan fingerprint density at radius 2 is 2.18 bits per heavy atom. The van der Waals surface area contributed by atoms with Crippen LogP contribution in [0.2, 0.25) is 0 Å². The van der Waals surface area contributed by atoms with E-state index in [2.05, 4.69) is 46.0 Å². The summed E-state index contributed by atoms with van der Waals surface area (Å²) in [7, 11) is 0. The molecule has 0 radical (unpaired) electrons. The van der Waals surface area contributed by atoms with Gasteiger partial charge in [-0.3, -0.25) is 0 Å². The van der Waals surface area contributed by atoms with E-state index in [0.717, 1.165) is 19.5 Å². The molecule has 1 unspecified atom stereocenters. The summed E-state index contributed by atoms with van der Waals surface area (Å²) in [5.74, 6) is 0.417. The monoisotopic (exact) mass is 297 g/mol. The molecule has 0 aromatic heterocycles. The van der Waals surface area contributed by atoms with Crippen LogP contribution < -0.4 is 4.90 Å². The predicted molar refractivity (Wildman–Crippen MR) is 75.7 cm³/mol. The lowest BCUT2D eigenvalue weighted by Gasteiger charge is -2.23. The van der Waals surface area contributed by atoms with Gasteiger partial charge in [-0.2, -0.15) is 0 Å². The third-order valence-electron chi connectivity index (χ3n) is 3.35. The quantitative estimate of drug-likeness (QED) is 0.922. The van der Waals surface area contributed by atoms with E-state index in [1.54, 1.807) is 0 Å². The second kappa shape index (κ2) is 4.62. The summed E-state index contributed by atoms with van der Waals surface area (Å²) in [5.41, 5.74) is 2.06. The first-order valence-corrected chi connectivity index (χ1v) is 6.97. The van der Waals surface area contributed by atoms with Crippen LogP contribution in [-0.2, 0) is 0 Å². The van der Waals surface area contributed by atoms with Gasteiger partial charge in [0.15, 0.2) is 0 Å². The minimum Gasteiger partial charge on any atom is -0.390 e. The average molecular weight is 298 g/mol. The van der Waals surface area contributed by atoms with Crippen molar-refractivity contribution in [2.24, 2.45) is 0 Å². The second-order valence-electron chi connectivity index (χ2n) is 5.42. The zero-order chi connectivity index (χ0) is 12.6. The fraction of sp³-hybridized carbons (Fsp3) is 0.571. The molecule has 0 saturated carbocycles. The zero-order valence-corrected chi connectivity index (χ0v) is 12.3. The van der Waals surface area contributed by atoms with Crippen LogP contribution in [0.4, 0.5) is 5.69 Å². The van der Waals surface area contributed by atoms with Crippen molar-refractivity contribution in [2.45, 2.75) is 38.7 Å².